The summed E-state index contributed by atoms with van der Waals surface area (Å²) in [6.45, 7) is 6.60. The van der Waals surface area contributed by atoms with Gasteiger partial charge in [0.1, 0.15) is 5.82 Å². The first-order valence-electron chi connectivity index (χ1n) is 9.48. The number of carbonyl (C=O) groups excluding carboxylic acids is 1. The summed E-state index contributed by atoms with van der Waals surface area (Å²) in [5.41, 5.74) is 1.21. The van der Waals surface area contributed by atoms with Gasteiger partial charge in [0, 0.05) is 11.7 Å². The third-order valence-corrected chi connectivity index (χ3v) is 4.73. The molecule has 4 heteroatoms. The predicted octanol–water partition coefficient (Wildman–Crippen LogP) is 5.67. The molecule has 0 bridgehead atoms. The van der Waals surface area contributed by atoms with Crippen molar-refractivity contribution in [1.29, 1.82) is 0 Å². The van der Waals surface area contributed by atoms with Gasteiger partial charge in [0.2, 0.25) is 0 Å². The molecule has 0 saturated heterocycles. The SMILES string of the molecule is CCC(C)CC=CCC(C)Cc1ccc(NC(=O)NC2CC2)cc1F. The normalized spacial score (nSPS) is 16.6. The van der Waals surface area contributed by atoms with E-state index in [0.29, 0.717) is 29.6 Å². The maximum absolute atomic E-state index is 14.3. The fourth-order valence-electron chi connectivity index (χ4n) is 2.65. The molecule has 1 aliphatic rings. The van der Waals surface area contributed by atoms with E-state index < -0.39 is 0 Å². The highest BCUT2D eigenvalue weighted by Crippen LogP contribution is 2.21. The molecule has 2 N–H and O–H groups in total. The van der Waals surface area contributed by atoms with Crippen LogP contribution in [0.5, 0.6) is 0 Å². The van der Waals surface area contributed by atoms with Gasteiger partial charge in [-0.05, 0) is 61.6 Å². The minimum Gasteiger partial charge on any atom is -0.335 e. The van der Waals surface area contributed by atoms with Gasteiger partial charge in [0.25, 0.3) is 0 Å². The van der Waals surface area contributed by atoms with Crippen molar-refractivity contribution in [3.05, 3.63) is 41.7 Å². The van der Waals surface area contributed by atoms with Gasteiger partial charge in [0.05, 0.1) is 0 Å². The van der Waals surface area contributed by atoms with E-state index in [1.807, 2.05) is 0 Å². The summed E-state index contributed by atoms with van der Waals surface area (Å²) in [7, 11) is 0. The third kappa shape index (κ3) is 7.29. The van der Waals surface area contributed by atoms with E-state index in [1.54, 1.807) is 12.1 Å². The predicted molar refractivity (Wildman–Crippen MR) is 102 cm³/mol. The molecule has 1 fully saturated rings. The Bertz CT molecular complexity index is 596. The van der Waals surface area contributed by atoms with Gasteiger partial charge in [-0.2, -0.15) is 0 Å². The van der Waals surface area contributed by atoms with Crippen LogP contribution in [0.25, 0.3) is 0 Å². The number of allylic oxidation sites excluding steroid dienone is 2. The zero-order chi connectivity index (χ0) is 18.2. The number of hydrogen-bond donors (Lipinski definition) is 2. The van der Waals surface area contributed by atoms with Gasteiger partial charge < -0.3 is 10.6 Å². The number of halogens is 1. The molecular weight excluding hydrogens is 315 g/mol. The highest BCUT2D eigenvalue weighted by Gasteiger charge is 2.23. The van der Waals surface area contributed by atoms with E-state index in [0.717, 1.165) is 31.6 Å². The lowest BCUT2D eigenvalue weighted by atomic mass is 9.96. The quantitative estimate of drug-likeness (QED) is 0.556. The Morgan fingerprint density at radius 1 is 1.24 bits per heavy atom. The summed E-state index contributed by atoms with van der Waals surface area (Å²) in [5, 5.41) is 5.52. The largest absolute Gasteiger partial charge is 0.335 e. The van der Waals surface area contributed by atoms with Crippen molar-refractivity contribution >= 4 is 11.7 Å². The molecule has 0 heterocycles. The molecule has 0 aromatic heterocycles. The Labute approximate surface area is 151 Å². The van der Waals surface area contributed by atoms with Gasteiger partial charge in [-0.1, -0.05) is 45.4 Å². The number of amides is 2. The van der Waals surface area contributed by atoms with Gasteiger partial charge in [-0.3, -0.25) is 0 Å². The van der Waals surface area contributed by atoms with Crippen molar-refractivity contribution in [2.75, 3.05) is 5.32 Å². The molecule has 1 saturated carbocycles. The van der Waals surface area contributed by atoms with Crippen molar-refractivity contribution in [2.24, 2.45) is 11.8 Å². The van der Waals surface area contributed by atoms with Crippen LogP contribution in [0.4, 0.5) is 14.9 Å². The van der Waals surface area contributed by atoms with E-state index in [4.69, 9.17) is 0 Å². The van der Waals surface area contributed by atoms with E-state index >= 15 is 0 Å². The lowest BCUT2D eigenvalue weighted by molar-refractivity contribution is 0.251. The first kappa shape index (κ1) is 19.5. The van der Waals surface area contributed by atoms with Crippen molar-refractivity contribution in [2.45, 2.75) is 65.3 Å². The van der Waals surface area contributed by atoms with E-state index in [-0.39, 0.29) is 11.8 Å². The monoisotopic (exact) mass is 346 g/mol. The number of nitrogens with one attached hydrogen (secondary N) is 2. The minimum absolute atomic E-state index is 0.250. The van der Waals surface area contributed by atoms with Crippen LogP contribution in [0.1, 0.15) is 58.4 Å². The fraction of sp³-hybridized carbons (Fsp3) is 0.571. The number of urea groups is 1. The molecule has 2 atom stereocenters. The van der Waals surface area contributed by atoms with Crippen LogP contribution in [-0.2, 0) is 6.42 Å². The molecule has 1 aromatic rings. The van der Waals surface area contributed by atoms with Gasteiger partial charge >= 0.3 is 6.03 Å². The van der Waals surface area contributed by atoms with Gasteiger partial charge in [-0.25, -0.2) is 9.18 Å². The van der Waals surface area contributed by atoms with Crippen LogP contribution in [0.3, 0.4) is 0 Å². The summed E-state index contributed by atoms with van der Waals surface area (Å²) in [4.78, 5) is 11.7. The van der Waals surface area contributed by atoms with Gasteiger partial charge in [0.15, 0.2) is 0 Å². The second kappa shape index (κ2) is 9.59. The molecule has 138 valence electrons. The van der Waals surface area contributed by atoms with Crippen LogP contribution < -0.4 is 10.6 Å². The molecule has 2 unspecified atom stereocenters. The number of carbonyl (C=O) groups is 1. The zero-order valence-electron chi connectivity index (χ0n) is 15.6. The molecule has 0 radical (unpaired) electrons. The molecule has 25 heavy (non-hydrogen) atoms. The van der Waals surface area contributed by atoms with Crippen LogP contribution in [-0.4, -0.2) is 12.1 Å². The average Bonchev–Trinajstić information content (AvgIpc) is 3.37. The maximum Gasteiger partial charge on any atom is 0.319 e. The molecule has 2 amide bonds. The molecule has 0 spiro atoms. The first-order valence-corrected chi connectivity index (χ1v) is 9.48. The highest BCUT2D eigenvalue weighted by molar-refractivity contribution is 5.89. The summed E-state index contributed by atoms with van der Waals surface area (Å²) in [5.74, 6) is 0.862. The summed E-state index contributed by atoms with van der Waals surface area (Å²) < 4.78 is 14.3. The Balaban J connectivity index is 1.79. The minimum atomic E-state index is -0.255. The van der Waals surface area contributed by atoms with E-state index in [2.05, 4.69) is 43.6 Å². The second-order valence-electron chi connectivity index (χ2n) is 7.44. The summed E-state index contributed by atoms with van der Waals surface area (Å²) in [6, 6.07) is 5.00. The Morgan fingerprint density at radius 2 is 1.92 bits per heavy atom. The van der Waals surface area contributed by atoms with Crippen LogP contribution in [0.2, 0.25) is 0 Å². The molecule has 2 rings (SSSR count). The van der Waals surface area contributed by atoms with Crippen LogP contribution >= 0.6 is 0 Å². The number of anilines is 1. The van der Waals surface area contributed by atoms with Crippen LogP contribution in [0, 0.1) is 17.7 Å². The topological polar surface area (TPSA) is 41.1 Å². The lowest BCUT2D eigenvalue weighted by Crippen LogP contribution is -2.30. The van der Waals surface area contributed by atoms with Crippen molar-refractivity contribution in [3.8, 4) is 0 Å². The molecule has 3 nitrogen and oxygen atoms in total. The second-order valence-corrected chi connectivity index (χ2v) is 7.44. The number of hydrogen-bond acceptors (Lipinski definition) is 1. The van der Waals surface area contributed by atoms with Crippen molar-refractivity contribution < 1.29 is 9.18 Å². The van der Waals surface area contributed by atoms with Crippen molar-refractivity contribution in [1.82, 2.24) is 5.32 Å². The molecular formula is C21H31FN2O. The van der Waals surface area contributed by atoms with E-state index in [1.165, 1.54) is 12.5 Å². The number of rotatable bonds is 9. The van der Waals surface area contributed by atoms with E-state index in [9.17, 15) is 9.18 Å². The lowest BCUT2D eigenvalue weighted by Gasteiger charge is -2.12. The first-order chi connectivity index (χ1) is 12.0. The molecule has 1 aromatic carbocycles. The standard InChI is InChI=1S/C21H31FN2O/c1-4-15(2)7-5-6-8-16(3)13-17-9-10-19(14-20(17)22)24-21(25)23-18-11-12-18/h5-6,9-10,14-16,18H,4,7-8,11-13H2,1-3H3,(H2,23,24,25). The smallest absolute Gasteiger partial charge is 0.319 e. The van der Waals surface area contributed by atoms with Crippen LogP contribution in [0.15, 0.2) is 30.4 Å². The maximum atomic E-state index is 14.3. The van der Waals surface area contributed by atoms with Gasteiger partial charge in [-0.15, -0.1) is 0 Å². The summed E-state index contributed by atoms with van der Waals surface area (Å²) in [6.07, 6.45) is 10.5. The Morgan fingerprint density at radius 3 is 2.52 bits per heavy atom. The molecule has 0 aliphatic heterocycles. The Hall–Kier alpha value is -1.84. The highest BCUT2D eigenvalue weighted by atomic mass is 19.1. The molecule has 1 aliphatic carbocycles. The average molecular weight is 346 g/mol. The third-order valence-electron chi connectivity index (χ3n) is 4.73. The van der Waals surface area contributed by atoms with Crippen molar-refractivity contribution in [3.63, 3.8) is 0 Å². The fourth-order valence-corrected chi connectivity index (χ4v) is 2.65. The summed E-state index contributed by atoms with van der Waals surface area (Å²) >= 11 is 0. The number of benzene rings is 1. The zero-order valence-corrected chi connectivity index (χ0v) is 15.6. The Kier molecular flexibility index (Phi) is 7.48.